The zero-order valence-electron chi connectivity index (χ0n) is 22.5. The Labute approximate surface area is 242 Å². The topological polar surface area (TPSA) is 118 Å². The molecule has 0 saturated carbocycles. The molecule has 0 aliphatic carbocycles. The molecule has 0 unspecified atom stereocenters. The van der Waals surface area contributed by atoms with E-state index in [1.807, 2.05) is 0 Å². The van der Waals surface area contributed by atoms with Crippen molar-refractivity contribution in [3.8, 4) is 5.75 Å². The first kappa shape index (κ1) is 30.1. The van der Waals surface area contributed by atoms with Crippen LogP contribution in [0.1, 0.15) is 18.1 Å². The van der Waals surface area contributed by atoms with Crippen LogP contribution in [-0.2, 0) is 32.7 Å². The molecule has 42 heavy (non-hydrogen) atoms. The summed E-state index contributed by atoms with van der Waals surface area (Å²) in [5.41, 5.74) is 1.65. The number of ether oxygens (including phenoxy) is 1. The Morgan fingerprint density at radius 2 is 1.45 bits per heavy atom. The number of nitrogens with one attached hydrogen (secondary N) is 2. The van der Waals surface area contributed by atoms with Gasteiger partial charge < -0.3 is 15.0 Å². The van der Waals surface area contributed by atoms with E-state index in [4.69, 9.17) is 4.74 Å². The van der Waals surface area contributed by atoms with Crippen LogP contribution in [-0.4, -0.2) is 42.8 Å². The minimum Gasteiger partial charge on any atom is -0.484 e. The summed E-state index contributed by atoms with van der Waals surface area (Å²) in [5.74, 6) is -1.61. The number of nitrogens with zero attached hydrogens (tertiary/aromatic N) is 2. The van der Waals surface area contributed by atoms with Gasteiger partial charge in [-0.25, -0.2) is 17.2 Å². The van der Waals surface area contributed by atoms with Crippen molar-refractivity contribution in [1.29, 1.82) is 0 Å². The number of pyridine rings is 1. The predicted octanol–water partition coefficient (Wildman–Crippen LogP) is 4.27. The summed E-state index contributed by atoms with van der Waals surface area (Å²) in [5, 5.41) is 2.80. The van der Waals surface area contributed by atoms with Crippen molar-refractivity contribution >= 4 is 27.5 Å². The quantitative estimate of drug-likeness (QED) is 0.253. The predicted molar refractivity (Wildman–Crippen MR) is 152 cm³/mol. The maximum atomic E-state index is 13.4. The highest BCUT2D eigenvalue weighted by Gasteiger charge is 2.26. The third kappa shape index (κ3) is 8.33. The molecule has 0 radical (unpaired) electrons. The third-order valence-electron chi connectivity index (χ3n) is 6.24. The van der Waals surface area contributed by atoms with Gasteiger partial charge in [-0.05, 0) is 90.8 Å². The van der Waals surface area contributed by atoms with Gasteiger partial charge in [0.05, 0.1) is 4.90 Å². The Balaban J connectivity index is 1.41. The molecule has 2 N–H and O–H groups in total. The van der Waals surface area contributed by atoms with Gasteiger partial charge in [0.15, 0.2) is 6.61 Å². The summed E-state index contributed by atoms with van der Waals surface area (Å²) in [7, 11) is -3.95. The number of halogens is 2. The Hall–Kier alpha value is -4.84. The van der Waals surface area contributed by atoms with Crippen molar-refractivity contribution in [2.75, 3.05) is 11.3 Å². The van der Waals surface area contributed by atoms with Gasteiger partial charge in [-0.15, -0.1) is 0 Å². The van der Waals surface area contributed by atoms with Gasteiger partial charge in [0.2, 0.25) is 5.91 Å². The van der Waals surface area contributed by atoms with Gasteiger partial charge in [-0.2, -0.15) is 0 Å². The monoisotopic (exact) mass is 594 g/mol. The summed E-state index contributed by atoms with van der Waals surface area (Å²) in [6.45, 7) is 1.41. The summed E-state index contributed by atoms with van der Waals surface area (Å²) in [4.78, 5) is 31.4. The van der Waals surface area contributed by atoms with E-state index in [9.17, 15) is 26.8 Å². The molecule has 2 amide bonds. The van der Waals surface area contributed by atoms with E-state index < -0.39 is 46.1 Å². The molecule has 218 valence electrons. The summed E-state index contributed by atoms with van der Waals surface area (Å²) in [6, 6.07) is 18.5. The first-order chi connectivity index (χ1) is 20.1. The highest BCUT2D eigenvalue weighted by atomic mass is 32.2. The lowest BCUT2D eigenvalue weighted by atomic mass is 10.1. The molecule has 0 fully saturated rings. The Morgan fingerprint density at radius 1 is 0.857 bits per heavy atom. The molecule has 4 aromatic rings. The van der Waals surface area contributed by atoms with E-state index in [1.54, 1.807) is 31.5 Å². The average molecular weight is 595 g/mol. The fourth-order valence-electron chi connectivity index (χ4n) is 3.88. The maximum Gasteiger partial charge on any atom is 0.261 e. The average Bonchev–Trinajstić information content (AvgIpc) is 3.00. The minimum absolute atomic E-state index is 0.0263. The van der Waals surface area contributed by atoms with Crippen LogP contribution in [0.15, 0.2) is 102 Å². The number of benzene rings is 3. The molecule has 0 aliphatic rings. The van der Waals surface area contributed by atoms with Gasteiger partial charge >= 0.3 is 0 Å². The molecule has 0 aliphatic heterocycles. The van der Waals surface area contributed by atoms with Gasteiger partial charge in [0.1, 0.15) is 23.4 Å². The van der Waals surface area contributed by atoms with Crippen molar-refractivity contribution in [2.24, 2.45) is 0 Å². The first-order valence-corrected chi connectivity index (χ1v) is 14.3. The van der Waals surface area contributed by atoms with Crippen LogP contribution in [0.4, 0.5) is 14.5 Å². The van der Waals surface area contributed by atoms with Crippen molar-refractivity contribution < 1.29 is 31.5 Å². The number of hydrogen-bond donors (Lipinski definition) is 2. The van der Waals surface area contributed by atoms with E-state index >= 15 is 0 Å². The summed E-state index contributed by atoms with van der Waals surface area (Å²) in [6.07, 6.45) is 3.22. The summed E-state index contributed by atoms with van der Waals surface area (Å²) < 4.78 is 59.9. The second-order valence-corrected chi connectivity index (χ2v) is 11.0. The van der Waals surface area contributed by atoms with E-state index in [2.05, 4.69) is 15.0 Å². The van der Waals surface area contributed by atoms with Crippen LogP contribution < -0.4 is 14.8 Å². The number of rotatable bonds is 12. The number of anilines is 1. The fourth-order valence-corrected chi connectivity index (χ4v) is 4.94. The molecule has 1 heterocycles. The van der Waals surface area contributed by atoms with E-state index in [-0.39, 0.29) is 29.4 Å². The van der Waals surface area contributed by atoms with Gasteiger partial charge in [-0.1, -0.05) is 12.1 Å². The van der Waals surface area contributed by atoms with Crippen LogP contribution in [0.25, 0.3) is 0 Å². The van der Waals surface area contributed by atoms with Gasteiger partial charge in [-0.3, -0.25) is 19.3 Å². The molecule has 9 nitrogen and oxygen atoms in total. The normalized spacial score (nSPS) is 11.8. The Bertz CT molecular complexity index is 1600. The van der Waals surface area contributed by atoms with E-state index in [1.165, 1.54) is 65.6 Å². The van der Waals surface area contributed by atoms with E-state index in [0.29, 0.717) is 5.56 Å². The molecule has 1 atom stereocenters. The van der Waals surface area contributed by atoms with Crippen molar-refractivity contribution in [3.63, 3.8) is 0 Å². The molecular weight excluding hydrogens is 566 g/mol. The smallest absolute Gasteiger partial charge is 0.261 e. The fraction of sp³-hybridized carbons (Fsp3) is 0.167. The lowest BCUT2D eigenvalue weighted by Gasteiger charge is -2.28. The number of sulfonamides is 1. The van der Waals surface area contributed by atoms with E-state index in [0.717, 1.165) is 17.7 Å². The minimum atomic E-state index is -3.95. The maximum absolute atomic E-state index is 13.4. The van der Waals surface area contributed by atoms with Crippen molar-refractivity contribution in [2.45, 2.75) is 31.0 Å². The second kappa shape index (κ2) is 13.7. The SMILES string of the molecule is C[C@H](C(=O)NCc1ccncc1)N(Cc1ccc(F)cc1)C(=O)COc1ccc(S(=O)(=O)Nc2ccc(F)cc2)cc1. The van der Waals surface area contributed by atoms with Crippen LogP contribution in [0.3, 0.4) is 0 Å². The lowest BCUT2D eigenvalue weighted by molar-refractivity contribution is -0.142. The summed E-state index contributed by atoms with van der Waals surface area (Å²) >= 11 is 0. The Kier molecular flexibility index (Phi) is 9.81. The standard InChI is InChI=1S/C30H28F2N4O5S/c1-21(30(38)34-18-22-14-16-33-17-15-22)36(19-23-2-4-24(31)5-3-23)29(37)20-41-27-10-12-28(13-11-27)42(39,40)35-26-8-6-25(32)7-9-26/h2-17,21,35H,18-20H2,1H3,(H,34,38)/t21-/m1/s1. The van der Waals surface area contributed by atoms with Crippen LogP contribution >= 0.6 is 0 Å². The highest BCUT2D eigenvalue weighted by molar-refractivity contribution is 7.92. The first-order valence-electron chi connectivity index (χ1n) is 12.8. The zero-order chi connectivity index (χ0) is 30.1. The van der Waals surface area contributed by atoms with Crippen molar-refractivity contribution in [3.05, 3.63) is 120 Å². The second-order valence-electron chi connectivity index (χ2n) is 9.27. The number of carbonyl (C=O) groups excluding carboxylic acids is 2. The molecule has 1 aromatic heterocycles. The van der Waals surface area contributed by atoms with Crippen LogP contribution in [0.5, 0.6) is 5.75 Å². The molecule has 12 heteroatoms. The molecule has 4 rings (SSSR count). The molecule has 0 bridgehead atoms. The highest BCUT2D eigenvalue weighted by Crippen LogP contribution is 2.20. The Morgan fingerprint density at radius 3 is 2.07 bits per heavy atom. The molecule has 3 aromatic carbocycles. The third-order valence-corrected chi connectivity index (χ3v) is 7.64. The number of carbonyl (C=O) groups is 2. The molecular formula is C30H28F2N4O5S. The van der Waals surface area contributed by atoms with Gasteiger partial charge in [0.25, 0.3) is 15.9 Å². The van der Waals surface area contributed by atoms with Crippen LogP contribution in [0.2, 0.25) is 0 Å². The molecule has 0 saturated heterocycles. The zero-order valence-corrected chi connectivity index (χ0v) is 23.4. The largest absolute Gasteiger partial charge is 0.484 e. The lowest BCUT2D eigenvalue weighted by Crippen LogP contribution is -2.48. The van der Waals surface area contributed by atoms with Crippen molar-refractivity contribution in [1.82, 2.24) is 15.2 Å². The van der Waals surface area contributed by atoms with Crippen LogP contribution in [0, 0.1) is 11.6 Å². The molecule has 0 spiro atoms. The van der Waals surface area contributed by atoms with Gasteiger partial charge in [0, 0.05) is 31.2 Å². The number of amides is 2. The number of aromatic nitrogens is 1. The number of hydrogen-bond acceptors (Lipinski definition) is 6.